The van der Waals surface area contributed by atoms with E-state index in [0.29, 0.717) is 0 Å². The zero-order valence-electron chi connectivity index (χ0n) is 12.4. The van der Waals surface area contributed by atoms with E-state index in [-0.39, 0.29) is 6.29 Å². The molecule has 0 bridgehead atoms. The first kappa shape index (κ1) is 14.7. The fourth-order valence-corrected chi connectivity index (χ4v) is 2.79. The lowest BCUT2D eigenvalue weighted by atomic mass is 9.98. The largest absolute Gasteiger partial charge is 0.465 e. The van der Waals surface area contributed by atoms with E-state index in [0.717, 1.165) is 27.3 Å². The molecule has 0 spiro atoms. The molecule has 0 aliphatic heterocycles. The van der Waals surface area contributed by atoms with Gasteiger partial charge in [-0.25, -0.2) is 0 Å². The van der Waals surface area contributed by atoms with Gasteiger partial charge in [-0.1, -0.05) is 47.0 Å². The lowest BCUT2D eigenvalue weighted by Crippen LogP contribution is -2.14. The van der Waals surface area contributed by atoms with Gasteiger partial charge in [-0.05, 0) is 30.1 Å². The minimum absolute atomic E-state index is 0.307. The Hall–Kier alpha value is -2.24. The summed E-state index contributed by atoms with van der Waals surface area (Å²) in [6.07, 6.45) is 1.48. The average Bonchev–Trinajstić information content (AvgIpc) is 3.09. The van der Waals surface area contributed by atoms with Crippen LogP contribution in [-0.4, -0.2) is 23.0 Å². The Balaban J connectivity index is 2.09. The molecule has 0 N–H and O–H groups in total. The Morgan fingerprint density at radius 1 is 0.955 bits per heavy atom. The molecule has 3 aromatic rings. The lowest BCUT2D eigenvalue weighted by molar-refractivity contribution is -0.0379. The molecule has 0 saturated carbocycles. The van der Waals surface area contributed by atoms with E-state index in [2.05, 4.69) is 21.7 Å². The third-order valence-corrected chi connectivity index (χ3v) is 4.05. The Bertz CT molecular complexity index is 744. The molecule has 1 heterocycles. The molecule has 2 aromatic carbocycles. The highest BCUT2D eigenvalue weighted by Crippen LogP contribution is 2.38. The van der Waals surface area contributed by atoms with E-state index < -0.39 is 0 Å². The van der Waals surface area contributed by atoms with E-state index in [1.165, 1.54) is 11.5 Å². The Morgan fingerprint density at radius 2 is 1.64 bits per heavy atom. The second-order valence-electron chi connectivity index (χ2n) is 4.74. The van der Waals surface area contributed by atoms with Gasteiger partial charge in [-0.2, -0.15) is 0 Å². The van der Waals surface area contributed by atoms with Crippen LogP contribution in [0.1, 0.15) is 6.92 Å². The van der Waals surface area contributed by atoms with Crippen LogP contribution < -0.4 is 4.74 Å². The molecule has 0 saturated heterocycles. The summed E-state index contributed by atoms with van der Waals surface area (Å²) in [6.45, 7) is 1.87. The van der Waals surface area contributed by atoms with Crippen molar-refractivity contribution in [2.45, 2.75) is 13.2 Å². The second-order valence-corrected chi connectivity index (χ2v) is 5.53. The summed E-state index contributed by atoms with van der Waals surface area (Å²) >= 11 is 1.38. The van der Waals surface area contributed by atoms with Crippen molar-refractivity contribution in [1.82, 2.24) is 9.59 Å². The van der Waals surface area contributed by atoms with Crippen LogP contribution in [0.25, 0.3) is 21.6 Å². The van der Waals surface area contributed by atoms with Gasteiger partial charge in [0.05, 0.1) is 11.1 Å². The Kier molecular flexibility index (Phi) is 4.46. The molecule has 4 nitrogen and oxygen atoms in total. The monoisotopic (exact) mass is 312 g/mol. The molecule has 1 aromatic heterocycles. The summed E-state index contributed by atoms with van der Waals surface area (Å²) in [5.74, 6) is 0.793. The van der Waals surface area contributed by atoms with Crippen molar-refractivity contribution in [2.24, 2.45) is 0 Å². The van der Waals surface area contributed by atoms with E-state index in [4.69, 9.17) is 9.47 Å². The van der Waals surface area contributed by atoms with Gasteiger partial charge in [0.25, 0.3) is 0 Å². The average molecular weight is 312 g/mol. The van der Waals surface area contributed by atoms with Gasteiger partial charge in [-0.15, -0.1) is 5.10 Å². The zero-order valence-corrected chi connectivity index (χ0v) is 13.2. The molecule has 5 heteroatoms. The topological polar surface area (TPSA) is 44.2 Å². The van der Waals surface area contributed by atoms with Crippen molar-refractivity contribution < 1.29 is 9.47 Å². The van der Waals surface area contributed by atoms with Crippen molar-refractivity contribution in [3.63, 3.8) is 0 Å². The van der Waals surface area contributed by atoms with Crippen molar-refractivity contribution in [3.8, 4) is 27.3 Å². The summed E-state index contributed by atoms with van der Waals surface area (Å²) < 4.78 is 15.0. The number of hydrogen-bond acceptors (Lipinski definition) is 5. The minimum atomic E-state index is -0.307. The molecule has 22 heavy (non-hydrogen) atoms. The number of hydrogen-bond donors (Lipinski definition) is 0. The maximum Gasteiger partial charge on any atom is 0.196 e. The summed E-state index contributed by atoms with van der Waals surface area (Å²) in [7, 11) is 1.63. The minimum Gasteiger partial charge on any atom is -0.465 e. The van der Waals surface area contributed by atoms with Crippen molar-refractivity contribution in [2.75, 3.05) is 7.11 Å². The van der Waals surface area contributed by atoms with Crippen LogP contribution in [0.4, 0.5) is 0 Å². The molecule has 3 rings (SSSR count). The summed E-state index contributed by atoms with van der Waals surface area (Å²) in [6, 6.07) is 16.1. The van der Waals surface area contributed by atoms with Crippen LogP contribution >= 0.6 is 11.5 Å². The van der Waals surface area contributed by atoms with E-state index in [9.17, 15) is 0 Å². The van der Waals surface area contributed by atoms with Gasteiger partial charge in [-0.3, -0.25) is 0 Å². The SMILES string of the molecule is COC(C)Oc1ccccc1-c1ccccc1-c1cnns1. The van der Waals surface area contributed by atoms with Crippen molar-refractivity contribution in [1.29, 1.82) is 0 Å². The van der Waals surface area contributed by atoms with Gasteiger partial charge < -0.3 is 9.47 Å². The number of benzene rings is 2. The van der Waals surface area contributed by atoms with Crippen molar-refractivity contribution in [3.05, 3.63) is 54.7 Å². The van der Waals surface area contributed by atoms with Crippen molar-refractivity contribution >= 4 is 11.5 Å². The number of rotatable bonds is 5. The van der Waals surface area contributed by atoms with Crippen LogP contribution in [0, 0.1) is 0 Å². The Morgan fingerprint density at radius 3 is 2.32 bits per heavy atom. The number of ether oxygens (including phenoxy) is 2. The first-order valence-corrected chi connectivity index (χ1v) is 7.72. The van der Waals surface area contributed by atoms with Gasteiger partial charge in [0.15, 0.2) is 6.29 Å². The van der Waals surface area contributed by atoms with E-state index in [1.54, 1.807) is 13.3 Å². The number of aromatic nitrogens is 2. The molecule has 112 valence electrons. The number of methoxy groups -OCH3 is 1. The third-order valence-electron chi connectivity index (χ3n) is 3.36. The summed E-state index contributed by atoms with van der Waals surface area (Å²) in [4.78, 5) is 1.03. The number of nitrogens with zero attached hydrogens (tertiary/aromatic N) is 2. The fraction of sp³-hybridized carbons (Fsp3) is 0.176. The fourth-order valence-electron chi connectivity index (χ4n) is 2.24. The highest BCUT2D eigenvalue weighted by Gasteiger charge is 2.14. The predicted molar refractivity (Wildman–Crippen MR) is 87.9 cm³/mol. The highest BCUT2D eigenvalue weighted by atomic mass is 32.1. The maximum absolute atomic E-state index is 5.87. The van der Waals surface area contributed by atoms with E-state index in [1.807, 2.05) is 43.3 Å². The smallest absolute Gasteiger partial charge is 0.196 e. The third kappa shape index (κ3) is 3.00. The van der Waals surface area contributed by atoms with Gasteiger partial charge >= 0.3 is 0 Å². The standard InChI is InChI=1S/C17H16N2O2S/c1-12(20-2)21-16-10-6-5-8-14(16)13-7-3-4-9-15(13)17-11-18-19-22-17/h3-12H,1-2H3. The van der Waals surface area contributed by atoms with Crippen LogP contribution in [0.15, 0.2) is 54.7 Å². The quantitative estimate of drug-likeness (QED) is 0.661. The van der Waals surface area contributed by atoms with Crippen LogP contribution in [0.2, 0.25) is 0 Å². The van der Waals surface area contributed by atoms with Gasteiger partial charge in [0.1, 0.15) is 5.75 Å². The molecule has 1 atom stereocenters. The zero-order chi connectivity index (χ0) is 15.4. The first-order valence-electron chi connectivity index (χ1n) is 6.95. The van der Waals surface area contributed by atoms with Gasteiger partial charge in [0, 0.05) is 18.2 Å². The maximum atomic E-state index is 5.87. The second kappa shape index (κ2) is 6.68. The van der Waals surface area contributed by atoms with Crippen LogP contribution in [0.5, 0.6) is 5.75 Å². The summed E-state index contributed by atoms with van der Waals surface area (Å²) in [5.41, 5.74) is 3.21. The highest BCUT2D eigenvalue weighted by molar-refractivity contribution is 7.09. The van der Waals surface area contributed by atoms with Crippen LogP contribution in [0.3, 0.4) is 0 Å². The predicted octanol–water partition coefficient (Wildman–Crippen LogP) is 4.24. The lowest BCUT2D eigenvalue weighted by Gasteiger charge is -2.17. The molecular formula is C17H16N2O2S. The summed E-state index contributed by atoms with van der Waals surface area (Å²) in [5, 5.41) is 3.93. The molecule has 0 aliphatic rings. The molecule has 0 amide bonds. The van der Waals surface area contributed by atoms with E-state index >= 15 is 0 Å². The van der Waals surface area contributed by atoms with Crippen LogP contribution in [-0.2, 0) is 4.74 Å². The Labute approximate surface area is 133 Å². The molecule has 0 fully saturated rings. The normalized spacial score (nSPS) is 12.1. The molecule has 0 aliphatic carbocycles. The molecule has 0 radical (unpaired) electrons. The molecular weight excluding hydrogens is 296 g/mol. The first-order chi connectivity index (χ1) is 10.8. The van der Waals surface area contributed by atoms with Gasteiger partial charge in [0.2, 0.25) is 0 Å². The molecule has 1 unspecified atom stereocenters. The number of para-hydroxylation sites is 1.